The van der Waals surface area contributed by atoms with E-state index < -0.39 is 0 Å². The van der Waals surface area contributed by atoms with Crippen molar-refractivity contribution in [2.24, 2.45) is 5.73 Å². The molecule has 1 amide bonds. The number of likely N-dealkylation sites (tertiary alicyclic amines) is 1. The van der Waals surface area contributed by atoms with Crippen LogP contribution in [0, 0.1) is 0 Å². The molecule has 1 saturated heterocycles. The zero-order valence-electron chi connectivity index (χ0n) is 14.9. The quantitative estimate of drug-likeness (QED) is 0.858. The van der Waals surface area contributed by atoms with E-state index >= 15 is 0 Å². The molecule has 1 fully saturated rings. The van der Waals surface area contributed by atoms with Crippen molar-refractivity contribution in [1.82, 2.24) is 9.88 Å². The Balaban J connectivity index is 0.00000169. The van der Waals surface area contributed by atoms with E-state index in [2.05, 4.69) is 17.1 Å². The van der Waals surface area contributed by atoms with E-state index in [4.69, 9.17) is 10.5 Å². The first kappa shape index (κ1) is 22.2. The summed E-state index contributed by atoms with van der Waals surface area (Å²) in [7, 11) is 0. The molecular formula is C19H25Cl2N3O2. The van der Waals surface area contributed by atoms with Crippen LogP contribution in [0.2, 0.25) is 0 Å². The molecule has 2 N–H and O–H groups in total. The molecule has 1 aromatic heterocycles. The highest BCUT2D eigenvalue weighted by Crippen LogP contribution is 2.28. The molecule has 5 nitrogen and oxygen atoms in total. The molecular weight excluding hydrogens is 373 g/mol. The van der Waals surface area contributed by atoms with Gasteiger partial charge in [-0.15, -0.1) is 24.8 Å². The number of hydrogen-bond acceptors (Lipinski definition) is 4. The van der Waals surface area contributed by atoms with Gasteiger partial charge in [0.05, 0.1) is 6.10 Å². The van der Waals surface area contributed by atoms with Gasteiger partial charge >= 0.3 is 0 Å². The average Bonchev–Trinajstić information content (AvgIpc) is 2.97. The van der Waals surface area contributed by atoms with Gasteiger partial charge in [-0.2, -0.15) is 0 Å². The van der Waals surface area contributed by atoms with Crippen LogP contribution in [-0.4, -0.2) is 41.0 Å². The second-order valence-corrected chi connectivity index (χ2v) is 6.41. The van der Waals surface area contributed by atoms with Crippen LogP contribution in [0.1, 0.15) is 35.8 Å². The molecule has 0 aliphatic carbocycles. The third-order valence-corrected chi connectivity index (χ3v) is 4.22. The fourth-order valence-electron chi connectivity index (χ4n) is 3.10. The van der Waals surface area contributed by atoms with E-state index in [1.165, 1.54) is 5.56 Å². The maximum atomic E-state index is 12.9. The molecule has 0 radical (unpaired) electrons. The Bertz CT molecular complexity index is 713. The Morgan fingerprint density at radius 1 is 1.15 bits per heavy atom. The lowest BCUT2D eigenvalue weighted by Crippen LogP contribution is -2.33. The molecule has 7 heteroatoms. The SMILES string of the molecule is CC(C)Oc1cccnc1C(=O)N1C[C@@H](N)[C@H](c2ccccc2)C1.Cl.Cl. The van der Waals surface area contributed by atoms with Gasteiger partial charge in [-0.1, -0.05) is 30.3 Å². The predicted molar refractivity (Wildman–Crippen MR) is 108 cm³/mol. The topological polar surface area (TPSA) is 68.5 Å². The molecule has 1 aromatic carbocycles. The van der Waals surface area contributed by atoms with Crippen molar-refractivity contribution in [1.29, 1.82) is 0 Å². The normalized spacial score (nSPS) is 18.8. The van der Waals surface area contributed by atoms with Crippen LogP contribution in [-0.2, 0) is 0 Å². The lowest BCUT2D eigenvalue weighted by atomic mass is 9.95. The molecule has 2 aromatic rings. The molecule has 0 bridgehead atoms. The van der Waals surface area contributed by atoms with Crippen LogP contribution < -0.4 is 10.5 Å². The molecule has 0 spiro atoms. The van der Waals surface area contributed by atoms with E-state index in [-0.39, 0.29) is 48.8 Å². The highest BCUT2D eigenvalue weighted by molar-refractivity contribution is 5.95. The van der Waals surface area contributed by atoms with Crippen molar-refractivity contribution in [3.05, 3.63) is 59.9 Å². The first-order valence-corrected chi connectivity index (χ1v) is 8.27. The number of amides is 1. The van der Waals surface area contributed by atoms with Crippen LogP contribution in [0.25, 0.3) is 0 Å². The number of halogens is 2. The highest BCUT2D eigenvalue weighted by atomic mass is 35.5. The van der Waals surface area contributed by atoms with Crippen molar-refractivity contribution in [2.75, 3.05) is 13.1 Å². The predicted octanol–water partition coefficient (Wildman–Crippen LogP) is 3.28. The maximum Gasteiger partial charge on any atom is 0.276 e. The van der Waals surface area contributed by atoms with Gasteiger partial charge in [-0.3, -0.25) is 4.79 Å². The fourth-order valence-corrected chi connectivity index (χ4v) is 3.10. The van der Waals surface area contributed by atoms with Gasteiger partial charge in [-0.05, 0) is 31.5 Å². The number of ether oxygens (including phenoxy) is 1. The Morgan fingerprint density at radius 2 is 1.85 bits per heavy atom. The summed E-state index contributed by atoms with van der Waals surface area (Å²) >= 11 is 0. The highest BCUT2D eigenvalue weighted by Gasteiger charge is 2.35. The Hall–Kier alpha value is -1.82. The Labute approximate surface area is 166 Å². The summed E-state index contributed by atoms with van der Waals surface area (Å²) in [6.07, 6.45) is 1.60. The number of benzene rings is 1. The van der Waals surface area contributed by atoms with Crippen molar-refractivity contribution in [3.8, 4) is 5.75 Å². The first-order valence-electron chi connectivity index (χ1n) is 8.27. The van der Waals surface area contributed by atoms with Crippen molar-refractivity contribution < 1.29 is 9.53 Å². The zero-order chi connectivity index (χ0) is 17.1. The number of rotatable bonds is 4. The molecule has 0 saturated carbocycles. The van der Waals surface area contributed by atoms with Crippen LogP contribution in [0.4, 0.5) is 0 Å². The molecule has 1 aliphatic heterocycles. The summed E-state index contributed by atoms with van der Waals surface area (Å²) in [6.45, 7) is 4.98. The van der Waals surface area contributed by atoms with Gasteiger partial charge in [0, 0.05) is 31.2 Å². The number of nitrogens with zero attached hydrogens (tertiary/aromatic N) is 2. The molecule has 26 heavy (non-hydrogen) atoms. The number of hydrogen-bond donors (Lipinski definition) is 1. The number of nitrogens with two attached hydrogens (primary N) is 1. The van der Waals surface area contributed by atoms with Crippen LogP contribution in [0.5, 0.6) is 5.75 Å². The molecule has 2 heterocycles. The molecule has 142 valence electrons. The van der Waals surface area contributed by atoms with Crippen LogP contribution in [0.15, 0.2) is 48.7 Å². The fraction of sp³-hybridized carbons (Fsp3) is 0.368. The van der Waals surface area contributed by atoms with Crippen molar-refractivity contribution in [3.63, 3.8) is 0 Å². The molecule has 0 unspecified atom stereocenters. The van der Waals surface area contributed by atoms with E-state index in [0.717, 1.165) is 0 Å². The van der Waals surface area contributed by atoms with Gasteiger partial charge in [0.15, 0.2) is 11.4 Å². The van der Waals surface area contributed by atoms with Gasteiger partial charge in [0.25, 0.3) is 5.91 Å². The third kappa shape index (κ3) is 4.87. The van der Waals surface area contributed by atoms with Gasteiger partial charge in [0.2, 0.25) is 0 Å². The van der Waals surface area contributed by atoms with Crippen molar-refractivity contribution in [2.45, 2.75) is 31.9 Å². The molecule has 2 atom stereocenters. The maximum absolute atomic E-state index is 12.9. The molecule has 3 rings (SSSR count). The third-order valence-electron chi connectivity index (χ3n) is 4.22. The van der Waals surface area contributed by atoms with Crippen LogP contribution >= 0.6 is 24.8 Å². The van der Waals surface area contributed by atoms with Gasteiger partial charge < -0.3 is 15.4 Å². The minimum atomic E-state index is -0.125. The molecule has 1 aliphatic rings. The van der Waals surface area contributed by atoms with Gasteiger partial charge in [0.1, 0.15) is 0 Å². The van der Waals surface area contributed by atoms with E-state index in [0.29, 0.717) is 24.5 Å². The second-order valence-electron chi connectivity index (χ2n) is 6.41. The summed E-state index contributed by atoms with van der Waals surface area (Å²) in [5, 5.41) is 0. The minimum Gasteiger partial charge on any atom is -0.489 e. The Kier molecular flexibility index (Phi) is 8.34. The summed E-state index contributed by atoms with van der Waals surface area (Å²) < 4.78 is 5.72. The summed E-state index contributed by atoms with van der Waals surface area (Å²) in [6, 6.07) is 13.6. The van der Waals surface area contributed by atoms with Crippen molar-refractivity contribution >= 4 is 30.7 Å². The van der Waals surface area contributed by atoms with E-state index in [1.54, 1.807) is 23.2 Å². The first-order chi connectivity index (χ1) is 11.6. The van der Waals surface area contributed by atoms with E-state index in [1.807, 2.05) is 32.0 Å². The van der Waals surface area contributed by atoms with Crippen LogP contribution in [0.3, 0.4) is 0 Å². The minimum absolute atomic E-state index is 0. The van der Waals surface area contributed by atoms with E-state index in [9.17, 15) is 4.79 Å². The Morgan fingerprint density at radius 3 is 2.50 bits per heavy atom. The number of carbonyl (C=O) groups excluding carboxylic acids is 1. The summed E-state index contributed by atoms with van der Waals surface area (Å²) in [5.74, 6) is 0.544. The second kappa shape index (κ2) is 9.76. The smallest absolute Gasteiger partial charge is 0.276 e. The lowest BCUT2D eigenvalue weighted by Gasteiger charge is -2.18. The number of aromatic nitrogens is 1. The lowest BCUT2D eigenvalue weighted by molar-refractivity contribution is 0.0776. The standard InChI is InChI=1S/C19H23N3O2.2ClH/c1-13(2)24-17-9-6-10-21-18(17)19(23)22-11-15(16(20)12-22)14-7-4-3-5-8-14;;/h3-10,13,15-16H,11-12,20H2,1-2H3;2*1H/t15-,16+;;/m0../s1. The average molecular weight is 398 g/mol. The van der Waals surface area contributed by atoms with Gasteiger partial charge in [-0.25, -0.2) is 4.98 Å². The summed E-state index contributed by atoms with van der Waals surface area (Å²) in [5.41, 5.74) is 7.81. The summed E-state index contributed by atoms with van der Waals surface area (Å²) in [4.78, 5) is 18.9. The monoisotopic (exact) mass is 397 g/mol. The number of carbonyl (C=O) groups is 1. The largest absolute Gasteiger partial charge is 0.489 e. The number of pyridine rings is 1. The zero-order valence-corrected chi connectivity index (χ0v) is 16.5.